The van der Waals surface area contributed by atoms with E-state index in [-0.39, 0.29) is 51.0 Å². The van der Waals surface area contributed by atoms with Crippen LogP contribution in [0.1, 0.15) is 61.3 Å². The number of aromatic nitrogens is 1. The molecule has 0 spiro atoms. The second-order valence-electron chi connectivity index (χ2n) is 16.1. The Hall–Kier alpha value is -7.85. The number of benzene rings is 4. The Bertz CT molecular complexity index is 2990. The standard InChI is InChI=1S/C23H24N2O6.C23H22N2O5.C2F6O5S2.C2H6/c1-30-22(28)19-12-18(21(27)24-13-20(26)17-10-6-3-7-11-17)14-25(19)23(29)31-15-16-8-4-2-5-9-16;1-28-22(26)19-12-18(21-24-13-20(30-21)17-10-6-3-7-11-17)14-25(19)23(27)29-15-16-8-4-2-5-9-16;3-1(4,5)14(9,10)13-15(11,12)2(6,7)8;1-2/h2-11,18-19H,12-15H2,1H3,(H,24,27);2-11,13,18-19H,12,14-15H2,1H3;;1-2H3/t2*18-,19-;;/m00../s1/i;;;1D. The van der Waals surface area contributed by atoms with Crippen molar-refractivity contribution in [1.82, 2.24) is 20.1 Å². The second kappa shape index (κ2) is 28.5. The zero-order valence-corrected chi connectivity index (χ0v) is 43.2. The van der Waals surface area contributed by atoms with Gasteiger partial charge in [0, 0.05) is 25.6 Å². The van der Waals surface area contributed by atoms with Crippen LogP contribution in [0.2, 0.25) is 0 Å². The number of esters is 2. The first-order chi connectivity index (χ1) is 37.3. The van der Waals surface area contributed by atoms with Crippen molar-refractivity contribution < 1.29 is 100 Å². The monoisotopic (exact) mass is 1140 g/mol. The fraction of sp³-hybridized carbons (Fsp3) is 0.340. The summed E-state index contributed by atoms with van der Waals surface area (Å²) in [5, 5.41) is 2.60. The van der Waals surface area contributed by atoms with E-state index in [1.54, 1.807) is 43.5 Å². The molecule has 1 N–H and O–H groups in total. The maximum Gasteiger partial charge on any atom is 0.524 e. The molecule has 7 rings (SSSR count). The zero-order chi connectivity index (χ0) is 58.6. The van der Waals surface area contributed by atoms with Crippen molar-refractivity contribution in [2.24, 2.45) is 5.92 Å². The van der Waals surface area contributed by atoms with Crippen molar-refractivity contribution >= 4 is 56.1 Å². The summed E-state index contributed by atoms with van der Waals surface area (Å²) in [5.74, 6) is -1.48. The molecular formula is C50H52F6N4O16S2. The first-order valence-corrected chi connectivity index (χ1v) is 25.7. The van der Waals surface area contributed by atoms with E-state index in [2.05, 4.69) is 10.3 Å². The van der Waals surface area contributed by atoms with Crippen LogP contribution in [0, 0.1) is 5.92 Å². The lowest BCUT2D eigenvalue weighted by molar-refractivity contribution is -0.146. The van der Waals surface area contributed by atoms with Gasteiger partial charge in [-0.15, -0.1) is 3.63 Å². The highest BCUT2D eigenvalue weighted by Crippen LogP contribution is 2.35. The van der Waals surface area contributed by atoms with Gasteiger partial charge in [0.05, 0.1) is 38.8 Å². The predicted molar refractivity (Wildman–Crippen MR) is 262 cm³/mol. The number of ether oxygens (including phenoxy) is 4. The van der Waals surface area contributed by atoms with Gasteiger partial charge in [0.15, 0.2) is 17.4 Å². The van der Waals surface area contributed by atoms with Crippen molar-refractivity contribution in [2.75, 3.05) is 33.9 Å². The van der Waals surface area contributed by atoms with Crippen molar-refractivity contribution in [1.29, 1.82) is 0 Å². The first kappa shape index (κ1) is 61.0. The number of alkyl halides is 6. The third-order valence-corrected chi connectivity index (χ3v) is 13.6. The maximum atomic E-state index is 12.7. The molecule has 0 saturated carbocycles. The van der Waals surface area contributed by atoms with Crippen LogP contribution in [0.15, 0.2) is 132 Å². The Morgan fingerprint density at radius 1 is 0.667 bits per heavy atom. The number of nitrogens with one attached hydrogen (secondary N) is 1. The lowest BCUT2D eigenvalue weighted by atomic mass is 10.0. The average molecular weight is 1140 g/mol. The Morgan fingerprint density at radius 2 is 1.09 bits per heavy atom. The van der Waals surface area contributed by atoms with Gasteiger partial charge in [-0.3, -0.25) is 19.4 Å². The van der Waals surface area contributed by atoms with E-state index in [1.165, 1.54) is 24.0 Å². The van der Waals surface area contributed by atoms with Crippen LogP contribution in [0.4, 0.5) is 35.9 Å². The number of ketones is 1. The highest BCUT2D eigenvalue weighted by Gasteiger charge is 2.57. The Kier molecular flexibility index (Phi) is 22.3. The molecule has 2 aliphatic heterocycles. The Morgan fingerprint density at radius 3 is 1.54 bits per heavy atom. The maximum absolute atomic E-state index is 12.7. The number of rotatable bonds is 14. The quantitative estimate of drug-likeness (QED) is 0.0364. The van der Waals surface area contributed by atoms with Crippen LogP contribution in [0.3, 0.4) is 0 Å². The zero-order valence-electron chi connectivity index (χ0n) is 42.5. The number of halogens is 6. The molecule has 4 aromatic carbocycles. The van der Waals surface area contributed by atoms with Crippen LogP contribution in [-0.4, -0.2) is 124 Å². The largest absolute Gasteiger partial charge is 0.524 e. The van der Waals surface area contributed by atoms with Crippen molar-refractivity contribution in [2.45, 2.75) is 68.9 Å². The highest BCUT2D eigenvalue weighted by atomic mass is 32.3. The fourth-order valence-corrected chi connectivity index (χ4v) is 8.77. The minimum atomic E-state index is -6.85. The number of amides is 3. The van der Waals surface area contributed by atoms with Gasteiger partial charge in [-0.25, -0.2) is 24.2 Å². The van der Waals surface area contributed by atoms with Gasteiger partial charge in [0.25, 0.3) is 0 Å². The van der Waals surface area contributed by atoms with Crippen LogP contribution in [-0.2, 0) is 70.4 Å². The minimum Gasteiger partial charge on any atom is -0.467 e. The number of methoxy groups -OCH3 is 2. The third kappa shape index (κ3) is 17.6. The number of oxazole rings is 1. The predicted octanol–water partition coefficient (Wildman–Crippen LogP) is 7.92. The van der Waals surface area contributed by atoms with E-state index in [9.17, 15) is 71.9 Å². The molecule has 78 heavy (non-hydrogen) atoms. The van der Waals surface area contributed by atoms with Crippen LogP contribution >= 0.6 is 0 Å². The summed E-state index contributed by atoms with van der Waals surface area (Å²) in [6.07, 6.45) is 0.857. The van der Waals surface area contributed by atoms with Crippen molar-refractivity contribution in [3.8, 4) is 11.3 Å². The molecule has 4 atom stereocenters. The summed E-state index contributed by atoms with van der Waals surface area (Å²) >= 11 is 0. The summed E-state index contributed by atoms with van der Waals surface area (Å²) in [6.45, 7) is 2.57. The number of hydrogen-bond acceptors (Lipinski definition) is 17. The molecule has 0 bridgehead atoms. The van der Waals surface area contributed by atoms with Crippen LogP contribution < -0.4 is 5.32 Å². The molecule has 422 valence electrons. The van der Waals surface area contributed by atoms with E-state index >= 15 is 0 Å². The number of Topliss-reactive ketones (excluding diaryl/α,β-unsaturated/α-hetero) is 1. The molecule has 20 nitrogen and oxygen atoms in total. The number of carbonyl (C=O) groups is 6. The summed E-state index contributed by atoms with van der Waals surface area (Å²) in [7, 11) is -11.2. The Labute approximate surface area is 445 Å². The van der Waals surface area contributed by atoms with Crippen molar-refractivity contribution in [3.05, 3.63) is 150 Å². The molecule has 2 aliphatic rings. The van der Waals surface area contributed by atoms with Gasteiger partial charge < -0.3 is 28.7 Å². The van der Waals surface area contributed by atoms with Crippen molar-refractivity contribution in [3.63, 3.8) is 0 Å². The smallest absolute Gasteiger partial charge is 0.467 e. The molecule has 28 heteroatoms. The molecule has 5 aromatic rings. The highest BCUT2D eigenvalue weighted by molar-refractivity contribution is 8.00. The normalized spacial score (nSPS) is 17.2. The third-order valence-electron chi connectivity index (χ3n) is 11.0. The minimum absolute atomic E-state index is 0.00124. The van der Waals surface area contributed by atoms with Crippen LogP contribution in [0.5, 0.6) is 0 Å². The summed E-state index contributed by atoms with van der Waals surface area (Å²) in [5.41, 5.74) is -9.43. The number of hydrogen-bond donors (Lipinski definition) is 1. The molecule has 2 fully saturated rings. The van der Waals surface area contributed by atoms with Gasteiger partial charge in [-0.1, -0.05) is 135 Å². The molecule has 2 saturated heterocycles. The second-order valence-corrected chi connectivity index (χ2v) is 19.4. The van der Waals surface area contributed by atoms with Gasteiger partial charge in [0.2, 0.25) is 5.91 Å². The molecule has 3 amide bonds. The lowest BCUT2D eigenvalue weighted by Crippen LogP contribution is -2.41. The summed E-state index contributed by atoms with van der Waals surface area (Å²) in [6, 6.07) is 35.1. The van der Waals surface area contributed by atoms with E-state index in [1.807, 2.05) is 94.6 Å². The lowest BCUT2D eigenvalue weighted by Gasteiger charge is -2.21. The molecular weight excluding hydrogens is 1090 g/mol. The van der Waals surface area contributed by atoms with E-state index in [4.69, 9.17) is 24.7 Å². The molecule has 1 aromatic heterocycles. The number of nitrogens with zero attached hydrogens (tertiary/aromatic N) is 3. The topological polar surface area (TPSA) is 261 Å². The number of likely N-dealkylation sites (tertiary alicyclic amines) is 2. The SMILES string of the molecule is COC(=O)[C@@H]1C[C@H](C(=O)NCC(=O)c2ccccc2)CN1C(=O)OCc1ccccc1.COC(=O)[C@@H]1C[C@H](c2ncc(-c3ccccc3)o2)CN1C(=O)OCc1ccccc1.O=S(=O)(OS(=O)(=O)C(F)(F)F)C(F)(F)F.[2H]CC. The van der Waals surface area contributed by atoms with E-state index in [0.717, 1.165) is 16.7 Å². The van der Waals surface area contributed by atoms with E-state index in [0.29, 0.717) is 30.5 Å². The number of carbonyl (C=O) groups excluding carboxylic acids is 6. The Balaban J connectivity index is 0.000000263. The van der Waals surface area contributed by atoms with E-state index < -0.39 is 79.3 Å². The van der Waals surface area contributed by atoms with Gasteiger partial charge >= 0.3 is 55.4 Å². The average Bonchev–Trinajstić information content (AvgIpc) is 4.23. The molecule has 3 heterocycles. The van der Waals surface area contributed by atoms with Gasteiger partial charge in [0.1, 0.15) is 25.3 Å². The summed E-state index contributed by atoms with van der Waals surface area (Å²) < 4.78 is 143. The van der Waals surface area contributed by atoms with Gasteiger partial charge in [-0.2, -0.15) is 43.2 Å². The van der Waals surface area contributed by atoms with Crippen LogP contribution in [0.25, 0.3) is 11.3 Å². The van der Waals surface area contributed by atoms with Gasteiger partial charge in [-0.05, 0) is 24.0 Å². The summed E-state index contributed by atoms with van der Waals surface area (Å²) in [4.78, 5) is 81.5. The molecule has 0 unspecified atom stereocenters. The first-order valence-electron chi connectivity index (χ1n) is 23.6. The molecule has 0 radical (unpaired) electrons. The fourth-order valence-electron chi connectivity index (χ4n) is 7.21. The molecule has 0 aliphatic carbocycles.